The zero-order valence-electron chi connectivity index (χ0n) is 15.0. The van der Waals surface area contributed by atoms with Crippen molar-refractivity contribution in [1.29, 1.82) is 0 Å². The van der Waals surface area contributed by atoms with E-state index in [0.717, 1.165) is 18.5 Å². The van der Waals surface area contributed by atoms with Gasteiger partial charge in [-0.2, -0.15) is 0 Å². The molecule has 1 aromatic carbocycles. The average molecular weight is 344 g/mol. The van der Waals surface area contributed by atoms with Crippen LogP contribution in [0.3, 0.4) is 0 Å². The van der Waals surface area contributed by atoms with E-state index in [0.29, 0.717) is 18.7 Å². The number of hydrogen-bond donors (Lipinski definition) is 2. The zero-order valence-corrected chi connectivity index (χ0v) is 15.0. The third kappa shape index (κ3) is 6.99. The summed E-state index contributed by atoms with van der Waals surface area (Å²) >= 11 is 0. The molecular formula is C20H28N2O3. The highest BCUT2D eigenvalue weighted by Gasteiger charge is 2.07. The molecule has 0 radical (unpaired) electrons. The van der Waals surface area contributed by atoms with Crippen molar-refractivity contribution in [3.05, 3.63) is 41.5 Å². The van der Waals surface area contributed by atoms with Gasteiger partial charge in [0.25, 0.3) is 0 Å². The Hall–Kier alpha value is -2.30. The number of anilines is 1. The van der Waals surface area contributed by atoms with Crippen LogP contribution in [-0.2, 0) is 9.53 Å². The Morgan fingerprint density at radius 2 is 1.96 bits per heavy atom. The maximum absolute atomic E-state index is 11.9. The van der Waals surface area contributed by atoms with E-state index in [4.69, 9.17) is 4.74 Å². The molecule has 0 unspecified atom stereocenters. The minimum absolute atomic E-state index is 0.0251. The van der Waals surface area contributed by atoms with Crippen molar-refractivity contribution in [3.8, 4) is 0 Å². The maximum Gasteiger partial charge on any atom is 0.338 e. The number of amides is 1. The lowest BCUT2D eigenvalue weighted by Gasteiger charge is -2.13. The van der Waals surface area contributed by atoms with Crippen molar-refractivity contribution < 1.29 is 14.3 Å². The predicted molar refractivity (Wildman–Crippen MR) is 99.7 cm³/mol. The number of ether oxygens (including phenoxy) is 1. The van der Waals surface area contributed by atoms with E-state index in [2.05, 4.69) is 16.7 Å². The summed E-state index contributed by atoms with van der Waals surface area (Å²) < 4.78 is 5.08. The number of benzene rings is 1. The third-order valence-corrected chi connectivity index (χ3v) is 4.16. The number of rotatable bonds is 9. The van der Waals surface area contributed by atoms with Gasteiger partial charge in [0.05, 0.1) is 18.7 Å². The smallest absolute Gasteiger partial charge is 0.338 e. The lowest BCUT2D eigenvalue weighted by atomic mass is 9.97. The van der Waals surface area contributed by atoms with Gasteiger partial charge in [0, 0.05) is 12.2 Å². The monoisotopic (exact) mass is 344 g/mol. The van der Waals surface area contributed by atoms with Crippen molar-refractivity contribution in [2.45, 2.75) is 45.4 Å². The molecule has 0 aliphatic heterocycles. The topological polar surface area (TPSA) is 67.4 Å². The fourth-order valence-electron chi connectivity index (χ4n) is 2.74. The van der Waals surface area contributed by atoms with Gasteiger partial charge >= 0.3 is 5.97 Å². The quantitative estimate of drug-likeness (QED) is 0.530. The minimum atomic E-state index is -0.317. The summed E-state index contributed by atoms with van der Waals surface area (Å²) in [5, 5.41) is 6.00. The van der Waals surface area contributed by atoms with Gasteiger partial charge in [-0.15, -0.1) is 0 Å². The molecule has 1 amide bonds. The second-order valence-corrected chi connectivity index (χ2v) is 6.27. The van der Waals surface area contributed by atoms with Crippen LogP contribution in [0.5, 0.6) is 0 Å². The maximum atomic E-state index is 11.9. The van der Waals surface area contributed by atoms with Gasteiger partial charge in [-0.05, 0) is 62.8 Å². The molecule has 2 rings (SSSR count). The fraction of sp³-hybridized carbons (Fsp3) is 0.500. The summed E-state index contributed by atoms with van der Waals surface area (Å²) in [6, 6.07) is 6.97. The second-order valence-electron chi connectivity index (χ2n) is 6.27. The van der Waals surface area contributed by atoms with Crippen LogP contribution in [0.1, 0.15) is 55.8 Å². The highest BCUT2D eigenvalue weighted by Crippen LogP contribution is 2.19. The van der Waals surface area contributed by atoms with Crippen LogP contribution in [0.25, 0.3) is 0 Å². The number of allylic oxidation sites excluding steroid dienone is 1. The molecule has 5 nitrogen and oxygen atoms in total. The molecule has 5 heteroatoms. The Balaban J connectivity index is 1.67. The van der Waals surface area contributed by atoms with Crippen molar-refractivity contribution in [1.82, 2.24) is 5.32 Å². The standard InChI is InChI=1S/C20H28N2O3/c1-2-14-25-20(24)17-8-10-18(11-9-17)22-15-19(23)21-13-12-16-6-4-3-5-7-16/h6,8-11,22H,2-5,7,12-15H2,1H3,(H,21,23). The normalized spacial score (nSPS) is 13.7. The summed E-state index contributed by atoms with van der Waals surface area (Å²) in [7, 11) is 0. The number of hydrogen-bond acceptors (Lipinski definition) is 4. The Morgan fingerprint density at radius 3 is 2.64 bits per heavy atom. The summed E-state index contributed by atoms with van der Waals surface area (Å²) in [5.41, 5.74) is 2.78. The Morgan fingerprint density at radius 1 is 1.16 bits per heavy atom. The number of nitrogens with one attached hydrogen (secondary N) is 2. The van der Waals surface area contributed by atoms with Crippen molar-refractivity contribution in [3.63, 3.8) is 0 Å². The lowest BCUT2D eigenvalue weighted by Crippen LogP contribution is -2.30. The number of carbonyl (C=O) groups excluding carboxylic acids is 2. The predicted octanol–water partition coefficient (Wildman–Crippen LogP) is 3.67. The zero-order chi connectivity index (χ0) is 17.9. The van der Waals surface area contributed by atoms with Gasteiger partial charge in [0.15, 0.2) is 0 Å². The summed E-state index contributed by atoms with van der Waals surface area (Å²) in [4.78, 5) is 23.6. The Labute approximate surface area is 149 Å². The number of esters is 1. The van der Waals surface area contributed by atoms with Crippen LogP contribution in [0.4, 0.5) is 5.69 Å². The highest BCUT2D eigenvalue weighted by molar-refractivity contribution is 5.90. The molecule has 0 bridgehead atoms. The molecule has 0 heterocycles. The molecule has 0 spiro atoms. The first-order chi connectivity index (χ1) is 12.2. The first-order valence-corrected chi connectivity index (χ1v) is 9.14. The van der Waals surface area contributed by atoms with Crippen LogP contribution in [0.15, 0.2) is 35.9 Å². The second kappa shape index (κ2) is 10.5. The van der Waals surface area contributed by atoms with Crippen LogP contribution in [0, 0.1) is 0 Å². The van der Waals surface area contributed by atoms with Gasteiger partial charge in [-0.3, -0.25) is 4.79 Å². The molecule has 0 saturated heterocycles. The molecule has 25 heavy (non-hydrogen) atoms. The van der Waals surface area contributed by atoms with E-state index >= 15 is 0 Å². The molecule has 0 saturated carbocycles. The van der Waals surface area contributed by atoms with Crippen LogP contribution >= 0.6 is 0 Å². The molecule has 0 fully saturated rings. The third-order valence-electron chi connectivity index (χ3n) is 4.16. The van der Waals surface area contributed by atoms with Crippen molar-refractivity contribution in [2.75, 3.05) is 25.0 Å². The summed E-state index contributed by atoms with van der Waals surface area (Å²) in [5.74, 6) is -0.342. The Kier molecular flexibility index (Phi) is 8.02. The van der Waals surface area contributed by atoms with E-state index in [9.17, 15) is 9.59 Å². The van der Waals surface area contributed by atoms with Crippen LogP contribution in [-0.4, -0.2) is 31.6 Å². The minimum Gasteiger partial charge on any atom is -0.462 e. The molecule has 136 valence electrons. The van der Waals surface area contributed by atoms with Crippen LogP contribution < -0.4 is 10.6 Å². The molecular weight excluding hydrogens is 316 g/mol. The highest BCUT2D eigenvalue weighted by atomic mass is 16.5. The average Bonchev–Trinajstić information content (AvgIpc) is 2.65. The summed E-state index contributed by atoms with van der Waals surface area (Å²) in [6.07, 6.45) is 8.95. The van der Waals surface area contributed by atoms with Gasteiger partial charge in [-0.25, -0.2) is 4.79 Å². The molecule has 0 aromatic heterocycles. The molecule has 0 atom stereocenters. The fourth-order valence-corrected chi connectivity index (χ4v) is 2.74. The van der Waals surface area contributed by atoms with Crippen molar-refractivity contribution >= 4 is 17.6 Å². The van der Waals surface area contributed by atoms with E-state index in [1.807, 2.05) is 6.92 Å². The van der Waals surface area contributed by atoms with Gasteiger partial charge in [0.1, 0.15) is 0 Å². The summed E-state index contributed by atoms with van der Waals surface area (Å²) in [6.45, 7) is 3.29. The van der Waals surface area contributed by atoms with E-state index in [1.165, 1.54) is 31.3 Å². The Bertz CT molecular complexity index is 593. The van der Waals surface area contributed by atoms with Gasteiger partial charge in [0.2, 0.25) is 5.91 Å². The van der Waals surface area contributed by atoms with Crippen LogP contribution in [0.2, 0.25) is 0 Å². The number of carbonyl (C=O) groups is 2. The van der Waals surface area contributed by atoms with Gasteiger partial charge in [-0.1, -0.05) is 18.6 Å². The van der Waals surface area contributed by atoms with E-state index < -0.39 is 0 Å². The lowest BCUT2D eigenvalue weighted by molar-refractivity contribution is -0.119. The molecule has 1 aliphatic carbocycles. The molecule has 1 aliphatic rings. The largest absolute Gasteiger partial charge is 0.462 e. The SMILES string of the molecule is CCCOC(=O)c1ccc(NCC(=O)NCCC2=CCCCC2)cc1. The molecule has 1 aromatic rings. The van der Waals surface area contributed by atoms with Gasteiger partial charge < -0.3 is 15.4 Å². The van der Waals surface area contributed by atoms with Crippen molar-refractivity contribution in [2.24, 2.45) is 0 Å². The van der Waals surface area contributed by atoms with E-state index in [-0.39, 0.29) is 18.4 Å². The molecule has 2 N–H and O–H groups in total. The van der Waals surface area contributed by atoms with E-state index in [1.54, 1.807) is 24.3 Å². The first kappa shape index (κ1) is 19.0. The first-order valence-electron chi connectivity index (χ1n) is 9.14.